The molecule has 0 heterocycles. The van der Waals surface area contributed by atoms with Crippen molar-refractivity contribution in [3.63, 3.8) is 0 Å². The summed E-state index contributed by atoms with van der Waals surface area (Å²) in [5.41, 5.74) is 7.17. The zero-order valence-corrected chi connectivity index (χ0v) is 16.4. The Kier molecular flexibility index (Phi) is 4.43. The highest BCUT2D eigenvalue weighted by Gasteiger charge is 2.18. The molecular weight excluding hydrogens is 372 g/mol. The molecule has 4 rings (SSSR count). The van der Waals surface area contributed by atoms with E-state index in [1.54, 1.807) is 25.1 Å². The molecular formula is C22H20N2O3S. The molecule has 1 aliphatic rings. The second kappa shape index (κ2) is 6.80. The van der Waals surface area contributed by atoms with Crippen LogP contribution in [-0.4, -0.2) is 20.6 Å². The number of nitrogens with one attached hydrogen (secondary N) is 2. The van der Waals surface area contributed by atoms with Gasteiger partial charge in [-0.15, -0.1) is 0 Å². The predicted octanol–water partition coefficient (Wildman–Crippen LogP) is 4.19. The van der Waals surface area contributed by atoms with Gasteiger partial charge >= 0.3 is 0 Å². The first kappa shape index (κ1) is 18.3. The molecule has 0 atom stereocenters. The van der Waals surface area contributed by atoms with Crippen LogP contribution in [-0.2, 0) is 16.4 Å². The summed E-state index contributed by atoms with van der Waals surface area (Å²) in [6.07, 6.45) is 1.93. The van der Waals surface area contributed by atoms with Gasteiger partial charge in [0.05, 0.1) is 11.9 Å². The van der Waals surface area contributed by atoms with E-state index in [1.165, 1.54) is 22.3 Å². The van der Waals surface area contributed by atoms with Crippen molar-refractivity contribution in [2.75, 3.05) is 16.3 Å². The average molecular weight is 392 g/mol. The van der Waals surface area contributed by atoms with E-state index in [1.807, 2.05) is 30.3 Å². The molecule has 142 valence electrons. The van der Waals surface area contributed by atoms with Crippen molar-refractivity contribution in [3.8, 4) is 11.1 Å². The van der Waals surface area contributed by atoms with Crippen LogP contribution in [0.3, 0.4) is 0 Å². The van der Waals surface area contributed by atoms with Crippen molar-refractivity contribution in [1.29, 1.82) is 0 Å². The number of benzene rings is 3. The van der Waals surface area contributed by atoms with Crippen molar-refractivity contribution in [2.45, 2.75) is 13.3 Å². The smallest absolute Gasteiger partial charge is 0.255 e. The third kappa shape index (κ3) is 3.64. The molecule has 0 aromatic heterocycles. The first-order chi connectivity index (χ1) is 13.3. The van der Waals surface area contributed by atoms with E-state index in [2.05, 4.69) is 22.2 Å². The number of aryl methyl sites for hydroxylation is 1. The van der Waals surface area contributed by atoms with Crippen molar-refractivity contribution >= 4 is 27.3 Å². The molecule has 28 heavy (non-hydrogen) atoms. The molecule has 3 aromatic carbocycles. The van der Waals surface area contributed by atoms with Crippen LogP contribution in [0.25, 0.3) is 11.1 Å². The monoisotopic (exact) mass is 392 g/mol. The number of sulfonamides is 1. The minimum Gasteiger partial charge on any atom is -0.322 e. The first-order valence-corrected chi connectivity index (χ1v) is 10.8. The fraction of sp³-hybridized carbons (Fsp3) is 0.136. The molecule has 0 fully saturated rings. The third-order valence-corrected chi connectivity index (χ3v) is 5.44. The van der Waals surface area contributed by atoms with Gasteiger partial charge in [-0.25, -0.2) is 8.42 Å². The lowest BCUT2D eigenvalue weighted by Gasteiger charge is -2.11. The summed E-state index contributed by atoms with van der Waals surface area (Å²) >= 11 is 0. The Labute approximate surface area is 164 Å². The highest BCUT2D eigenvalue weighted by atomic mass is 32.2. The number of rotatable bonds is 4. The quantitative estimate of drug-likeness (QED) is 0.547. The van der Waals surface area contributed by atoms with E-state index < -0.39 is 10.0 Å². The number of hydrogen-bond donors (Lipinski definition) is 2. The SMILES string of the molecule is Cc1ccc(C(=O)Nc2ccc3c(c2)Cc2ccccc2-3)cc1NS(C)(=O)=O. The average Bonchev–Trinajstić information content (AvgIpc) is 3.00. The standard InChI is InChI=1S/C22H20N2O3S/c1-14-7-8-16(13-21(14)24-28(2,26)27)22(25)23-18-9-10-20-17(12-18)11-15-5-3-4-6-19(15)20/h3-10,12-13,24H,11H2,1-2H3,(H,23,25). The van der Waals surface area contributed by atoms with Crippen molar-refractivity contribution in [1.82, 2.24) is 0 Å². The highest BCUT2D eigenvalue weighted by Crippen LogP contribution is 2.37. The van der Waals surface area contributed by atoms with Crippen LogP contribution >= 0.6 is 0 Å². The van der Waals surface area contributed by atoms with Crippen molar-refractivity contribution in [3.05, 3.63) is 82.9 Å². The minimum absolute atomic E-state index is 0.285. The molecule has 0 unspecified atom stereocenters. The van der Waals surface area contributed by atoms with Crippen molar-refractivity contribution < 1.29 is 13.2 Å². The maximum absolute atomic E-state index is 12.7. The molecule has 5 nitrogen and oxygen atoms in total. The number of hydrogen-bond acceptors (Lipinski definition) is 3. The van der Waals surface area contributed by atoms with Gasteiger partial charge in [-0.2, -0.15) is 0 Å². The van der Waals surface area contributed by atoms with Crippen LogP contribution < -0.4 is 10.0 Å². The Morgan fingerprint density at radius 2 is 1.68 bits per heavy atom. The third-order valence-electron chi connectivity index (χ3n) is 4.85. The fourth-order valence-electron chi connectivity index (χ4n) is 3.50. The number of fused-ring (bicyclic) bond motifs is 3. The molecule has 0 radical (unpaired) electrons. The van der Waals surface area contributed by atoms with E-state index in [9.17, 15) is 13.2 Å². The Morgan fingerprint density at radius 3 is 2.46 bits per heavy atom. The van der Waals surface area contributed by atoms with Gasteiger partial charge in [-0.05, 0) is 65.4 Å². The van der Waals surface area contributed by atoms with E-state index in [4.69, 9.17) is 0 Å². The lowest BCUT2D eigenvalue weighted by Crippen LogP contribution is -2.14. The Morgan fingerprint density at radius 1 is 0.929 bits per heavy atom. The van der Waals surface area contributed by atoms with Gasteiger partial charge in [0.25, 0.3) is 5.91 Å². The van der Waals surface area contributed by atoms with Gasteiger partial charge in [0.15, 0.2) is 0 Å². The summed E-state index contributed by atoms with van der Waals surface area (Å²) in [7, 11) is -3.42. The van der Waals surface area contributed by atoms with Gasteiger partial charge < -0.3 is 5.32 Å². The van der Waals surface area contributed by atoms with Gasteiger partial charge in [0, 0.05) is 11.3 Å². The minimum atomic E-state index is -3.42. The van der Waals surface area contributed by atoms with Crippen LogP contribution in [0.15, 0.2) is 60.7 Å². The predicted molar refractivity (Wildman–Crippen MR) is 112 cm³/mol. The summed E-state index contributed by atoms with van der Waals surface area (Å²) in [6, 6.07) is 19.2. The molecule has 3 aromatic rings. The molecule has 2 N–H and O–H groups in total. The van der Waals surface area contributed by atoms with Crippen LogP contribution in [0.1, 0.15) is 27.0 Å². The van der Waals surface area contributed by atoms with Crippen LogP contribution in [0.2, 0.25) is 0 Å². The second-order valence-electron chi connectivity index (χ2n) is 7.06. The van der Waals surface area contributed by atoms with E-state index in [-0.39, 0.29) is 5.91 Å². The van der Waals surface area contributed by atoms with E-state index >= 15 is 0 Å². The first-order valence-electron chi connectivity index (χ1n) is 8.91. The number of carbonyl (C=O) groups excluding carboxylic acids is 1. The van der Waals surface area contributed by atoms with E-state index in [0.29, 0.717) is 11.3 Å². The molecule has 0 saturated heterocycles. The van der Waals surface area contributed by atoms with E-state index in [0.717, 1.165) is 23.9 Å². The Balaban J connectivity index is 1.57. The zero-order chi connectivity index (χ0) is 19.9. The maximum atomic E-state index is 12.7. The molecule has 1 amide bonds. The lowest BCUT2D eigenvalue weighted by molar-refractivity contribution is 0.102. The molecule has 0 spiro atoms. The Hall–Kier alpha value is -3.12. The van der Waals surface area contributed by atoms with Gasteiger partial charge in [-0.3, -0.25) is 9.52 Å². The lowest BCUT2D eigenvalue weighted by atomic mass is 10.1. The van der Waals surface area contributed by atoms with Crippen molar-refractivity contribution in [2.24, 2.45) is 0 Å². The fourth-order valence-corrected chi connectivity index (χ4v) is 4.12. The van der Waals surface area contributed by atoms with Gasteiger partial charge in [0.2, 0.25) is 10.0 Å². The number of anilines is 2. The molecule has 0 bridgehead atoms. The van der Waals surface area contributed by atoms with Crippen LogP contribution in [0.4, 0.5) is 11.4 Å². The molecule has 0 aliphatic heterocycles. The summed E-state index contributed by atoms with van der Waals surface area (Å²) in [4.78, 5) is 12.7. The number of amides is 1. The molecule has 0 saturated carbocycles. The maximum Gasteiger partial charge on any atom is 0.255 e. The Bertz CT molecular complexity index is 1200. The molecule has 6 heteroatoms. The summed E-state index contributed by atoms with van der Waals surface area (Å²) in [5.74, 6) is -0.285. The zero-order valence-electron chi connectivity index (χ0n) is 15.6. The van der Waals surface area contributed by atoms with Crippen LogP contribution in [0.5, 0.6) is 0 Å². The summed E-state index contributed by atoms with van der Waals surface area (Å²) < 4.78 is 25.5. The largest absolute Gasteiger partial charge is 0.322 e. The van der Waals surface area contributed by atoms with Gasteiger partial charge in [-0.1, -0.05) is 36.4 Å². The topological polar surface area (TPSA) is 75.3 Å². The summed E-state index contributed by atoms with van der Waals surface area (Å²) in [6.45, 7) is 1.79. The summed E-state index contributed by atoms with van der Waals surface area (Å²) in [5, 5.41) is 2.91. The number of carbonyl (C=O) groups is 1. The second-order valence-corrected chi connectivity index (χ2v) is 8.81. The highest BCUT2D eigenvalue weighted by molar-refractivity contribution is 7.92. The normalized spacial score (nSPS) is 12.2. The van der Waals surface area contributed by atoms with Gasteiger partial charge in [0.1, 0.15) is 0 Å². The molecule has 1 aliphatic carbocycles. The van der Waals surface area contributed by atoms with Crippen LogP contribution in [0, 0.1) is 6.92 Å².